The van der Waals surface area contributed by atoms with Crippen molar-refractivity contribution in [3.63, 3.8) is 0 Å². The summed E-state index contributed by atoms with van der Waals surface area (Å²) in [6.45, 7) is 34.2. The van der Waals surface area contributed by atoms with E-state index in [2.05, 4.69) is 157 Å². The predicted octanol–water partition coefficient (Wildman–Crippen LogP) is 12.5. The van der Waals surface area contributed by atoms with Crippen LogP contribution < -0.4 is 53.1 Å². The molecule has 37 nitrogen and oxygen atoms in total. The molecule has 1 aromatic carbocycles. The Morgan fingerprint density at radius 1 is 0.396 bits per heavy atom. The van der Waals surface area contributed by atoms with E-state index >= 15 is 0 Å². The number of piperazine rings is 1. The number of anilines is 3. The zero-order chi connectivity index (χ0) is 104. The monoisotopic (exact) mass is 2000 g/mol. The first-order valence-corrected chi connectivity index (χ1v) is 51.4. The summed E-state index contributed by atoms with van der Waals surface area (Å²) in [5.41, 5.74) is 29.5. The van der Waals surface area contributed by atoms with Gasteiger partial charge in [-0.1, -0.05) is 19.1 Å². The van der Waals surface area contributed by atoms with Crippen LogP contribution in [0.25, 0.3) is 118 Å². The third-order valence-electron chi connectivity index (χ3n) is 29.3. The van der Waals surface area contributed by atoms with E-state index in [0.717, 1.165) is 242 Å². The summed E-state index contributed by atoms with van der Waals surface area (Å²) in [6, 6.07) is 37.9. The van der Waals surface area contributed by atoms with Gasteiger partial charge in [0.15, 0.2) is 0 Å². The van der Waals surface area contributed by atoms with Crippen molar-refractivity contribution in [2.45, 2.75) is 127 Å². The Labute approximate surface area is 860 Å². The molecular formula is C112H126N32O5. The van der Waals surface area contributed by atoms with Gasteiger partial charge in [0.1, 0.15) is 51.0 Å². The number of pyridine rings is 5. The zero-order valence-electron chi connectivity index (χ0n) is 87.5. The molecule has 24 heterocycles. The summed E-state index contributed by atoms with van der Waals surface area (Å²) in [4.78, 5) is 120. The van der Waals surface area contributed by atoms with E-state index < -0.39 is 0 Å². The molecule has 5 aliphatic heterocycles. The molecule has 0 aliphatic carbocycles. The van der Waals surface area contributed by atoms with E-state index in [9.17, 15) is 24.0 Å². The number of hydrogen-bond acceptors (Lipinski definition) is 27. The molecule has 1 spiro atoms. The molecule has 37 heteroatoms. The van der Waals surface area contributed by atoms with E-state index in [1.54, 1.807) is 65.9 Å². The normalized spacial score (nSPS) is 16.2. The van der Waals surface area contributed by atoms with Crippen LogP contribution in [-0.2, 0) is 19.9 Å². The molecule has 0 radical (unpaired) electrons. The van der Waals surface area contributed by atoms with Crippen LogP contribution in [-0.4, -0.2) is 257 Å². The molecule has 0 bridgehead atoms. The minimum absolute atomic E-state index is 0.0649. The lowest BCUT2D eigenvalue weighted by Gasteiger charge is -2.34. The average molecular weight is 2000 g/mol. The predicted molar refractivity (Wildman–Crippen MR) is 584 cm³/mol. The quantitative estimate of drug-likeness (QED) is 0.0907. The lowest BCUT2D eigenvalue weighted by atomic mass is 9.86. The maximum absolute atomic E-state index is 13.0. The Kier molecular flexibility index (Phi) is 27.4. The fraction of sp³-hybridized carbons (Fsp3) is 0.366. The van der Waals surface area contributed by atoms with Gasteiger partial charge in [-0.15, -0.1) is 0 Å². The Balaban J connectivity index is 0.000000109. The molecule has 149 heavy (non-hydrogen) atoms. The number of nitrogens with zero attached hydrogens (tertiary/aromatic N) is 30. The number of piperidine rings is 1. The number of nitrogens with one attached hydrogen (secondary N) is 2. The Morgan fingerprint density at radius 3 is 1.39 bits per heavy atom. The molecule has 5 fully saturated rings. The van der Waals surface area contributed by atoms with Crippen LogP contribution in [0.5, 0.6) is 0 Å². The van der Waals surface area contributed by atoms with E-state index in [0.29, 0.717) is 96.7 Å². The van der Waals surface area contributed by atoms with Crippen LogP contribution in [0, 0.1) is 73.6 Å². The molecule has 1 unspecified atom stereocenters. The van der Waals surface area contributed by atoms with Crippen molar-refractivity contribution in [3.8, 4) is 56.8 Å². The van der Waals surface area contributed by atoms with E-state index in [4.69, 9.17) is 19.9 Å². The van der Waals surface area contributed by atoms with Gasteiger partial charge in [0.25, 0.3) is 27.8 Å². The Bertz CT molecular complexity index is 8900. The van der Waals surface area contributed by atoms with Crippen molar-refractivity contribution < 1.29 is 0 Å². The standard InChI is InChI=1S/C23H25N7O.C23H27N7O.C23H26N6O.C22H24N6O.C21H24N6O/c1-15-11-30-20(16(2)25-15)9-19(27-30)18-10-22(31)29-12-17(3-4-21(29)26-18)28-8-6-23(14-28)5-7-24-13-23;1-15-11-30-21(16(2)24-15)9-20(26-30)19-10-23(31)29-14-18(5-6-22(29)25-19)28-8-7-17(13-28)12-27(3)4;1-4-18-21-10-20(27-29(21)12-15(3)25-18)19-11-22(30)28-13-17(9-14(2)23(28)26-19)16-5-7-24-8-6-16;1-15-10-16(11-17-13-26(3)24-22(15)17)19-12-21(29)28-14-18(4-5-20(28)23-19)27-8-6-25(2)7-9-27;1-14-12-27-19(15(2)22-14)10-18(24-27)17-11-21(28)26-13-16(6-5-9-25(3)4)7-8-20(26)23-17/h3-4,9-12,24H,5-8,13-14H2,1-2H3;5-6,9-11,14,17H,7-8,12-13H2,1-4H3;9-13,16,24H,4-8H2,1-3H3;4-5,10-14H,6-9H2,1-3H3;7-8,10-13H,5-6,9H2,1-4H3/t;17-;;;/m.0.../s1. The first-order valence-electron chi connectivity index (χ1n) is 51.4. The second-order valence-electron chi connectivity index (χ2n) is 41.4. The second-order valence-corrected chi connectivity index (χ2v) is 41.4. The van der Waals surface area contributed by atoms with E-state index in [-0.39, 0.29) is 27.8 Å². The van der Waals surface area contributed by atoms with Crippen molar-refractivity contribution in [3.05, 3.63) is 303 Å². The van der Waals surface area contributed by atoms with Crippen molar-refractivity contribution in [1.82, 2.24) is 140 Å². The molecule has 2 atom stereocenters. The summed E-state index contributed by atoms with van der Waals surface area (Å²) in [7, 11) is 12.4. The lowest BCUT2D eigenvalue weighted by Crippen LogP contribution is -2.44. The highest BCUT2D eigenvalue weighted by Crippen LogP contribution is 2.39. The Hall–Kier alpha value is -15.8. The molecule has 25 rings (SSSR count). The average Bonchev–Trinajstić information content (AvgIpc) is 1.72. The molecule has 0 amide bonds. The number of rotatable bonds is 16. The molecule has 5 aliphatic rings. The highest BCUT2D eigenvalue weighted by atomic mass is 16.1. The smallest absolute Gasteiger partial charge is 0.258 e. The first kappa shape index (κ1) is 99.2. The Morgan fingerprint density at radius 2 is 0.872 bits per heavy atom. The van der Waals surface area contributed by atoms with Crippen molar-refractivity contribution >= 4 is 78.3 Å². The van der Waals surface area contributed by atoms with Crippen LogP contribution >= 0.6 is 0 Å². The minimum Gasteiger partial charge on any atom is -0.370 e. The lowest BCUT2D eigenvalue weighted by molar-refractivity contribution is 0.313. The van der Waals surface area contributed by atoms with Gasteiger partial charge in [0, 0.05) is 156 Å². The van der Waals surface area contributed by atoms with Gasteiger partial charge in [0.05, 0.1) is 143 Å². The molecule has 764 valence electrons. The summed E-state index contributed by atoms with van der Waals surface area (Å²) >= 11 is 0. The van der Waals surface area contributed by atoms with Crippen LogP contribution in [0.2, 0.25) is 0 Å². The third-order valence-corrected chi connectivity index (χ3v) is 29.3. The topological polar surface area (TPSA) is 354 Å². The molecule has 19 aromatic heterocycles. The van der Waals surface area contributed by atoms with Crippen molar-refractivity contribution in [2.24, 2.45) is 18.4 Å². The van der Waals surface area contributed by atoms with E-state index in [1.807, 2.05) is 207 Å². The number of aromatic nitrogens is 24. The summed E-state index contributed by atoms with van der Waals surface area (Å²) in [5.74, 6) is 1.14. The molecule has 0 saturated carbocycles. The third kappa shape index (κ3) is 20.9. The van der Waals surface area contributed by atoms with Gasteiger partial charge in [-0.2, -0.15) is 25.5 Å². The molecular weight excluding hydrogens is 1870 g/mol. The largest absolute Gasteiger partial charge is 0.370 e. The van der Waals surface area contributed by atoms with Crippen LogP contribution in [0.3, 0.4) is 0 Å². The minimum atomic E-state index is -0.103. The maximum atomic E-state index is 13.0. The highest BCUT2D eigenvalue weighted by Gasteiger charge is 2.41. The van der Waals surface area contributed by atoms with E-state index in [1.165, 1.54) is 24.8 Å². The maximum Gasteiger partial charge on any atom is 0.258 e. The van der Waals surface area contributed by atoms with Gasteiger partial charge in [-0.05, 0) is 288 Å². The van der Waals surface area contributed by atoms with Crippen LogP contribution in [0.1, 0.15) is 119 Å². The van der Waals surface area contributed by atoms with Gasteiger partial charge in [-0.3, -0.25) is 70.6 Å². The first-order chi connectivity index (χ1) is 71.8. The van der Waals surface area contributed by atoms with Gasteiger partial charge >= 0.3 is 0 Å². The second kappa shape index (κ2) is 41.1. The fourth-order valence-corrected chi connectivity index (χ4v) is 21.7. The molecule has 5 saturated heterocycles. The number of fused-ring (bicyclic) bond motifs is 10. The van der Waals surface area contributed by atoms with Crippen molar-refractivity contribution in [2.75, 3.05) is 142 Å². The zero-order valence-corrected chi connectivity index (χ0v) is 87.5. The fourth-order valence-electron chi connectivity index (χ4n) is 21.7. The molecule has 2 N–H and O–H groups in total. The summed E-state index contributed by atoms with van der Waals surface area (Å²) in [5, 5.41) is 31.0. The number of likely N-dealkylation sites (N-methyl/N-ethyl adjacent to an activating group) is 1. The SMILES string of the molecule is CCc1nc(C)cn2nc(-c3cc(=O)n4cc(C5CCNCC5)cc(C)c4n3)cc12.Cc1cc(-c2cc(=O)n3cc(N4CCN(C)CC4)ccc3n2)cc2cn(C)nc12.Cc1cn2nc(-c3cc(=O)n4cc(CCCN(C)C)ccc4n3)cc2c(C)n1.Cc1cn2nc(-c3cc(=O)n4cc(N5CCC6(CCNC6)C5)ccc4n3)cc2c(C)n1.Cc1cn2nc(-c3cc(=O)n4cc(N5CC[C@@H](CN(C)C)C5)ccc4n3)cc2c(C)n1. The summed E-state index contributed by atoms with van der Waals surface area (Å²) < 4.78 is 17.3. The molecule has 20 aromatic rings. The number of aryl methyl sites for hydroxylation is 12. The van der Waals surface area contributed by atoms with Crippen molar-refractivity contribution in [1.29, 1.82) is 0 Å². The van der Waals surface area contributed by atoms with Crippen LogP contribution in [0.4, 0.5) is 17.1 Å². The van der Waals surface area contributed by atoms with Gasteiger partial charge < -0.3 is 40.0 Å². The number of benzene rings is 1. The van der Waals surface area contributed by atoms with Crippen LogP contribution in [0.15, 0.2) is 207 Å². The highest BCUT2D eigenvalue weighted by molar-refractivity contribution is 5.87. The van der Waals surface area contributed by atoms with Gasteiger partial charge in [-0.25, -0.2) is 43.0 Å². The van der Waals surface area contributed by atoms with Gasteiger partial charge in [0.2, 0.25) is 0 Å². The number of hydrogen-bond donors (Lipinski definition) is 2. The summed E-state index contributed by atoms with van der Waals surface area (Å²) in [6.07, 6.45) is 27.7.